The molecule has 0 aromatic heterocycles. The second-order valence-electron chi connectivity index (χ2n) is 5.55. The van der Waals surface area contributed by atoms with Crippen molar-refractivity contribution in [3.05, 3.63) is 88.5 Å². The third-order valence-electron chi connectivity index (χ3n) is 4.14. The molecular weight excluding hydrogens is 322 g/mol. The van der Waals surface area contributed by atoms with Crippen molar-refractivity contribution in [2.24, 2.45) is 5.92 Å². The first-order chi connectivity index (χ1) is 11.7. The molecule has 0 bridgehead atoms. The van der Waals surface area contributed by atoms with Crippen molar-refractivity contribution in [1.82, 2.24) is 0 Å². The summed E-state index contributed by atoms with van der Waals surface area (Å²) >= 11 is 0. The number of non-ortho nitro benzene ring substituents is 1. The SMILES string of the molecule is O=C1c2cc([N+](=O)[O-])ccc2S(c2ccccc2)=C2C=CC=CC12. The topological polar surface area (TPSA) is 60.2 Å². The number of rotatable bonds is 2. The van der Waals surface area contributed by atoms with Crippen LogP contribution in [-0.2, 0) is 0 Å². The van der Waals surface area contributed by atoms with Crippen molar-refractivity contribution in [2.75, 3.05) is 0 Å². The molecule has 118 valence electrons. The maximum atomic E-state index is 12.9. The Labute approximate surface area is 141 Å². The van der Waals surface area contributed by atoms with Crippen LogP contribution < -0.4 is 0 Å². The summed E-state index contributed by atoms with van der Waals surface area (Å²) in [6, 6.07) is 14.6. The smallest absolute Gasteiger partial charge is 0.270 e. The summed E-state index contributed by atoms with van der Waals surface area (Å²) in [5, 5.41) is 11.1. The minimum absolute atomic E-state index is 0.0440. The van der Waals surface area contributed by atoms with E-state index in [1.165, 1.54) is 12.1 Å². The lowest BCUT2D eigenvalue weighted by molar-refractivity contribution is -0.384. The largest absolute Gasteiger partial charge is 0.293 e. The molecule has 2 aromatic rings. The third kappa shape index (κ3) is 2.25. The molecule has 2 unspecified atom stereocenters. The van der Waals surface area contributed by atoms with E-state index in [0.29, 0.717) is 5.56 Å². The molecule has 1 aliphatic heterocycles. The van der Waals surface area contributed by atoms with E-state index in [1.807, 2.05) is 54.6 Å². The van der Waals surface area contributed by atoms with Crippen molar-refractivity contribution in [1.29, 1.82) is 0 Å². The predicted octanol–water partition coefficient (Wildman–Crippen LogP) is 4.39. The molecular formula is C19H13NO3S. The Kier molecular flexibility index (Phi) is 3.50. The highest BCUT2D eigenvalue weighted by molar-refractivity contribution is 8.16. The molecule has 2 aliphatic rings. The number of carbonyl (C=O) groups is 1. The zero-order chi connectivity index (χ0) is 16.7. The highest BCUT2D eigenvalue weighted by Crippen LogP contribution is 2.46. The fourth-order valence-electron chi connectivity index (χ4n) is 3.05. The lowest BCUT2D eigenvalue weighted by Gasteiger charge is -2.28. The summed E-state index contributed by atoms with van der Waals surface area (Å²) in [5.74, 6) is -0.406. The number of ketones is 1. The van der Waals surface area contributed by atoms with Gasteiger partial charge in [0.05, 0.1) is 10.8 Å². The van der Waals surface area contributed by atoms with Gasteiger partial charge in [0.1, 0.15) is 0 Å². The van der Waals surface area contributed by atoms with Crippen LogP contribution in [0.1, 0.15) is 10.4 Å². The van der Waals surface area contributed by atoms with Crippen LogP contribution in [0, 0.1) is 16.0 Å². The maximum Gasteiger partial charge on any atom is 0.270 e. The highest BCUT2D eigenvalue weighted by atomic mass is 32.2. The van der Waals surface area contributed by atoms with Gasteiger partial charge in [0, 0.05) is 27.5 Å². The summed E-state index contributed by atoms with van der Waals surface area (Å²) < 4.78 is 0. The second kappa shape index (κ2) is 5.69. The molecule has 2 atom stereocenters. The average molecular weight is 335 g/mol. The Morgan fingerprint density at radius 2 is 1.83 bits per heavy atom. The molecule has 0 spiro atoms. The van der Waals surface area contributed by atoms with Crippen molar-refractivity contribution >= 4 is 26.8 Å². The first kappa shape index (κ1) is 14.8. The van der Waals surface area contributed by atoms with Crippen LogP contribution in [0.5, 0.6) is 0 Å². The lowest BCUT2D eigenvalue weighted by Crippen LogP contribution is -2.27. The molecule has 4 rings (SSSR count). The summed E-state index contributed by atoms with van der Waals surface area (Å²) in [5.41, 5.74) is 0.419. The number of benzene rings is 2. The van der Waals surface area contributed by atoms with Gasteiger partial charge < -0.3 is 0 Å². The average Bonchev–Trinajstić information content (AvgIpc) is 2.62. The first-order valence-corrected chi connectivity index (χ1v) is 8.73. The Bertz CT molecular complexity index is 958. The van der Waals surface area contributed by atoms with Crippen molar-refractivity contribution in [2.45, 2.75) is 9.79 Å². The molecule has 1 heterocycles. The molecule has 1 aliphatic carbocycles. The van der Waals surface area contributed by atoms with Crippen LogP contribution in [0.25, 0.3) is 0 Å². The van der Waals surface area contributed by atoms with Gasteiger partial charge in [-0.25, -0.2) is 0 Å². The number of Topliss-reactive ketones (excluding diaryl/α,β-unsaturated/α-hetero) is 1. The summed E-state index contributed by atoms with van der Waals surface area (Å²) in [7, 11) is -0.407. The molecule has 4 nitrogen and oxygen atoms in total. The van der Waals surface area contributed by atoms with Gasteiger partial charge in [-0.1, -0.05) is 42.5 Å². The molecule has 0 amide bonds. The van der Waals surface area contributed by atoms with Crippen LogP contribution >= 0.6 is 10.5 Å². The Morgan fingerprint density at radius 3 is 2.58 bits per heavy atom. The number of hydrogen-bond acceptors (Lipinski definition) is 3. The second-order valence-corrected chi connectivity index (χ2v) is 7.54. The minimum atomic E-state index is -0.454. The Hall–Kier alpha value is -2.79. The predicted molar refractivity (Wildman–Crippen MR) is 94.8 cm³/mol. The zero-order valence-corrected chi connectivity index (χ0v) is 13.4. The summed E-state index contributed by atoms with van der Waals surface area (Å²) in [6.07, 6.45) is 7.69. The van der Waals surface area contributed by atoms with Gasteiger partial charge >= 0.3 is 0 Å². The van der Waals surface area contributed by atoms with Gasteiger partial charge in [-0.05, 0) is 23.1 Å². The van der Waals surface area contributed by atoms with E-state index >= 15 is 0 Å². The van der Waals surface area contributed by atoms with Gasteiger partial charge in [0.2, 0.25) is 0 Å². The van der Waals surface area contributed by atoms with Crippen molar-refractivity contribution < 1.29 is 9.72 Å². The fourth-order valence-corrected chi connectivity index (χ4v) is 5.50. The van der Waals surface area contributed by atoms with Gasteiger partial charge in [-0.3, -0.25) is 14.9 Å². The van der Waals surface area contributed by atoms with Gasteiger partial charge in [-0.15, -0.1) is 10.5 Å². The Balaban J connectivity index is 2.03. The van der Waals surface area contributed by atoms with Gasteiger partial charge in [-0.2, -0.15) is 0 Å². The van der Waals surface area contributed by atoms with Crippen LogP contribution in [-0.4, -0.2) is 15.6 Å². The quantitative estimate of drug-likeness (QED) is 0.464. The molecule has 0 saturated carbocycles. The number of nitro groups is 1. The van der Waals surface area contributed by atoms with Crippen molar-refractivity contribution in [3.63, 3.8) is 0 Å². The van der Waals surface area contributed by atoms with E-state index in [-0.39, 0.29) is 17.4 Å². The van der Waals surface area contributed by atoms with E-state index < -0.39 is 15.4 Å². The summed E-state index contributed by atoms with van der Waals surface area (Å²) in [6.45, 7) is 0. The van der Waals surface area contributed by atoms with Crippen LogP contribution in [0.15, 0.2) is 82.6 Å². The number of hydrogen-bond donors (Lipinski definition) is 0. The normalized spacial score (nSPS) is 21.3. The molecule has 0 radical (unpaired) electrons. The van der Waals surface area contributed by atoms with Crippen LogP contribution in [0.2, 0.25) is 0 Å². The first-order valence-electron chi connectivity index (χ1n) is 7.50. The van der Waals surface area contributed by atoms with Crippen LogP contribution in [0.4, 0.5) is 5.69 Å². The van der Waals surface area contributed by atoms with E-state index in [9.17, 15) is 14.9 Å². The lowest BCUT2D eigenvalue weighted by atomic mass is 9.91. The third-order valence-corrected chi connectivity index (χ3v) is 6.54. The highest BCUT2D eigenvalue weighted by Gasteiger charge is 2.33. The summed E-state index contributed by atoms with van der Waals surface area (Å²) in [4.78, 5) is 26.5. The number of nitro benzene ring substituents is 1. The molecule has 0 fully saturated rings. The number of fused-ring (bicyclic) bond motifs is 2. The van der Waals surface area contributed by atoms with E-state index in [1.54, 1.807) is 6.07 Å². The van der Waals surface area contributed by atoms with E-state index in [4.69, 9.17) is 0 Å². The van der Waals surface area contributed by atoms with E-state index in [0.717, 1.165) is 14.7 Å². The van der Waals surface area contributed by atoms with Gasteiger partial charge in [0.15, 0.2) is 5.78 Å². The maximum absolute atomic E-state index is 12.9. The minimum Gasteiger partial charge on any atom is -0.293 e. The molecule has 2 aromatic carbocycles. The van der Waals surface area contributed by atoms with E-state index in [2.05, 4.69) is 0 Å². The van der Waals surface area contributed by atoms with Crippen molar-refractivity contribution in [3.8, 4) is 0 Å². The molecule has 0 N–H and O–H groups in total. The Morgan fingerprint density at radius 1 is 1.04 bits per heavy atom. The fraction of sp³-hybridized carbons (Fsp3) is 0.0526. The monoisotopic (exact) mass is 335 g/mol. The number of carbonyl (C=O) groups excluding carboxylic acids is 1. The standard InChI is InChI=1S/C19H13NO3S/c21-19-15-8-4-5-9-17(15)24(14-6-2-1-3-7-14)18-11-10-13(20(22)23)12-16(18)19/h1-12,15H. The molecule has 5 heteroatoms. The molecule has 0 saturated heterocycles. The number of allylic oxidation sites excluding steroid dienone is 4. The van der Waals surface area contributed by atoms with Gasteiger partial charge in [0.25, 0.3) is 5.69 Å². The molecule has 24 heavy (non-hydrogen) atoms. The number of nitrogens with zero attached hydrogens (tertiary/aromatic N) is 1. The van der Waals surface area contributed by atoms with Crippen LogP contribution in [0.3, 0.4) is 0 Å². The zero-order valence-electron chi connectivity index (χ0n) is 12.6.